The summed E-state index contributed by atoms with van der Waals surface area (Å²) in [7, 11) is 3.07. The first kappa shape index (κ1) is 16.8. The van der Waals surface area contributed by atoms with Gasteiger partial charge in [-0.25, -0.2) is 13.2 Å². The molecule has 0 bridgehead atoms. The second kappa shape index (κ2) is 7.50. The Hall–Kier alpha value is -1.27. The summed E-state index contributed by atoms with van der Waals surface area (Å²) in [6.07, 6.45) is -0.0934. The molecule has 1 amide bonds. The van der Waals surface area contributed by atoms with E-state index < -0.39 is 21.2 Å². The number of amides is 1. The summed E-state index contributed by atoms with van der Waals surface area (Å²) in [6.45, 7) is 1.93. The quantitative estimate of drug-likeness (QED) is 0.756. The SMILES string of the molecule is CCC(CS(=O)(=O)Cl)N(C)C(=O)OCc1ccccc1. The van der Waals surface area contributed by atoms with Crippen molar-refractivity contribution in [1.82, 2.24) is 4.90 Å². The molecular weight excluding hydrogens is 302 g/mol. The molecule has 0 spiro atoms. The molecule has 0 N–H and O–H groups in total. The first-order valence-electron chi connectivity index (χ1n) is 6.19. The fourth-order valence-electron chi connectivity index (χ4n) is 1.70. The fourth-order valence-corrected chi connectivity index (χ4v) is 3.06. The number of rotatable bonds is 6. The molecule has 0 saturated heterocycles. The summed E-state index contributed by atoms with van der Waals surface area (Å²) in [5.74, 6) is -0.290. The van der Waals surface area contributed by atoms with Crippen molar-refractivity contribution in [3.05, 3.63) is 35.9 Å². The minimum Gasteiger partial charge on any atom is -0.445 e. The largest absolute Gasteiger partial charge is 0.445 e. The lowest BCUT2D eigenvalue weighted by Crippen LogP contribution is -2.40. The van der Waals surface area contributed by atoms with Crippen LogP contribution in [0.25, 0.3) is 0 Å². The van der Waals surface area contributed by atoms with Crippen LogP contribution in [0.5, 0.6) is 0 Å². The van der Waals surface area contributed by atoms with Crippen LogP contribution in [0.1, 0.15) is 18.9 Å². The number of hydrogen-bond donors (Lipinski definition) is 0. The molecule has 20 heavy (non-hydrogen) atoms. The molecule has 0 aromatic heterocycles. The minimum atomic E-state index is -3.66. The summed E-state index contributed by atoms with van der Waals surface area (Å²) >= 11 is 0. The van der Waals surface area contributed by atoms with Crippen molar-refractivity contribution in [2.45, 2.75) is 26.0 Å². The van der Waals surface area contributed by atoms with E-state index in [1.807, 2.05) is 30.3 Å². The highest BCUT2D eigenvalue weighted by Crippen LogP contribution is 2.11. The highest BCUT2D eigenvalue weighted by Gasteiger charge is 2.24. The third kappa shape index (κ3) is 5.79. The molecule has 1 aromatic rings. The zero-order chi connectivity index (χ0) is 15.2. The second-order valence-electron chi connectivity index (χ2n) is 4.42. The van der Waals surface area contributed by atoms with Crippen molar-refractivity contribution >= 4 is 25.8 Å². The van der Waals surface area contributed by atoms with Crippen molar-refractivity contribution in [1.29, 1.82) is 0 Å². The van der Waals surface area contributed by atoms with Gasteiger partial charge in [-0.05, 0) is 12.0 Å². The first-order chi connectivity index (χ1) is 9.33. The van der Waals surface area contributed by atoms with E-state index in [0.29, 0.717) is 6.42 Å². The zero-order valence-corrected chi connectivity index (χ0v) is 13.0. The van der Waals surface area contributed by atoms with Gasteiger partial charge in [0.1, 0.15) is 6.61 Å². The summed E-state index contributed by atoms with van der Waals surface area (Å²) in [5, 5.41) is 0. The highest BCUT2D eigenvalue weighted by molar-refractivity contribution is 8.13. The van der Waals surface area contributed by atoms with Crippen molar-refractivity contribution in [3.63, 3.8) is 0 Å². The first-order valence-corrected chi connectivity index (χ1v) is 8.67. The molecule has 1 atom stereocenters. The number of ether oxygens (including phenoxy) is 1. The number of halogens is 1. The van der Waals surface area contributed by atoms with E-state index in [-0.39, 0.29) is 12.4 Å². The van der Waals surface area contributed by atoms with Crippen LogP contribution in [0.3, 0.4) is 0 Å². The van der Waals surface area contributed by atoms with Crippen LogP contribution in [0, 0.1) is 0 Å². The summed E-state index contributed by atoms with van der Waals surface area (Å²) in [4.78, 5) is 13.1. The standard InChI is InChI=1S/C13H18ClNO4S/c1-3-12(10-20(14,17)18)15(2)13(16)19-9-11-7-5-4-6-8-11/h4-8,12H,3,9-10H2,1-2H3. The Morgan fingerprint density at radius 2 is 1.95 bits per heavy atom. The van der Waals surface area contributed by atoms with Crippen molar-refractivity contribution in [2.75, 3.05) is 12.8 Å². The Bertz CT molecular complexity index is 533. The van der Waals surface area contributed by atoms with Crippen LogP contribution in [0.4, 0.5) is 4.79 Å². The van der Waals surface area contributed by atoms with E-state index in [1.54, 1.807) is 6.92 Å². The Balaban J connectivity index is 2.57. The smallest absolute Gasteiger partial charge is 0.410 e. The van der Waals surface area contributed by atoms with Gasteiger partial charge in [-0.3, -0.25) is 0 Å². The van der Waals surface area contributed by atoms with E-state index in [0.717, 1.165) is 5.56 Å². The molecule has 0 heterocycles. The van der Waals surface area contributed by atoms with Crippen molar-refractivity contribution in [3.8, 4) is 0 Å². The maximum atomic E-state index is 11.9. The molecule has 7 heteroatoms. The molecule has 112 valence electrons. The van der Waals surface area contributed by atoms with Crippen molar-refractivity contribution in [2.24, 2.45) is 0 Å². The van der Waals surface area contributed by atoms with Gasteiger partial charge >= 0.3 is 6.09 Å². The third-order valence-electron chi connectivity index (χ3n) is 2.90. The minimum absolute atomic E-state index is 0.147. The summed E-state index contributed by atoms with van der Waals surface area (Å²) in [5.41, 5.74) is 0.868. The number of benzene rings is 1. The average molecular weight is 320 g/mol. The molecule has 1 unspecified atom stereocenters. The van der Waals surface area contributed by atoms with Crippen LogP contribution in [-0.2, 0) is 20.4 Å². The predicted molar refractivity (Wildman–Crippen MR) is 78.1 cm³/mol. The number of hydrogen-bond acceptors (Lipinski definition) is 4. The van der Waals surface area contributed by atoms with Gasteiger partial charge in [-0.15, -0.1) is 0 Å². The van der Waals surface area contributed by atoms with Crippen molar-refractivity contribution < 1.29 is 17.9 Å². The maximum Gasteiger partial charge on any atom is 0.410 e. The normalized spacial score (nSPS) is 12.8. The monoisotopic (exact) mass is 319 g/mol. The highest BCUT2D eigenvalue weighted by atomic mass is 35.7. The lowest BCUT2D eigenvalue weighted by Gasteiger charge is -2.25. The molecule has 0 aliphatic carbocycles. The Morgan fingerprint density at radius 3 is 2.45 bits per heavy atom. The van der Waals surface area contributed by atoms with Gasteiger partial charge in [0.2, 0.25) is 9.05 Å². The molecule has 0 saturated carbocycles. The van der Waals surface area contributed by atoms with Gasteiger partial charge in [0, 0.05) is 23.8 Å². The second-order valence-corrected chi connectivity index (χ2v) is 7.24. The van der Waals surface area contributed by atoms with Gasteiger partial charge in [-0.2, -0.15) is 0 Å². The maximum absolute atomic E-state index is 11.9. The molecule has 1 aromatic carbocycles. The van der Waals surface area contributed by atoms with E-state index in [1.165, 1.54) is 11.9 Å². The third-order valence-corrected chi connectivity index (χ3v) is 4.06. The van der Waals surface area contributed by atoms with Crippen LogP contribution in [0.2, 0.25) is 0 Å². The van der Waals surface area contributed by atoms with E-state index >= 15 is 0 Å². The van der Waals surface area contributed by atoms with Gasteiger partial charge < -0.3 is 9.64 Å². The molecule has 0 fully saturated rings. The zero-order valence-electron chi connectivity index (χ0n) is 11.5. The van der Waals surface area contributed by atoms with Gasteiger partial charge in [0.15, 0.2) is 0 Å². The van der Waals surface area contributed by atoms with Crippen LogP contribution in [0.15, 0.2) is 30.3 Å². The topological polar surface area (TPSA) is 63.7 Å². The van der Waals surface area contributed by atoms with E-state index in [2.05, 4.69) is 0 Å². The predicted octanol–water partition coefficient (Wildman–Crippen LogP) is 2.60. The fraction of sp³-hybridized carbons (Fsp3) is 0.462. The lowest BCUT2D eigenvalue weighted by atomic mass is 10.2. The molecule has 0 aliphatic rings. The van der Waals surface area contributed by atoms with E-state index in [4.69, 9.17) is 15.4 Å². The molecule has 1 rings (SSSR count). The number of carbonyl (C=O) groups is 1. The van der Waals surface area contributed by atoms with Gasteiger partial charge in [-0.1, -0.05) is 37.3 Å². The Morgan fingerprint density at radius 1 is 1.35 bits per heavy atom. The average Bonchev–Trinajstić information content (AvgIpc) is 2.41. The van der Waals surface area contributed by atoms with Crippen LogP contribution < -0.4 is 0 Å². The Kier molecular flexibility index (Phi) is 6.29. The van der Waals surface area contributed by atoms with Gasteiger partial charge in [0.25, 0.3) is 0 Å². The van der Waals surface area contributed by atoms with Gasteiger partial charge in [0.05, 0.1) is 5.75 Å². The molecule has 5 nitrogen and oxygen atoms in total. The number of nitrogens with zero attached hydrogens (tertiary/aromatic N) is 1. The molecular formula is C13H18ClNO4S. The molecule has 0 radical (unpaired) electrons. The Labute approximate surface area is 123 Å². The summed E-state index contributed by atoms with van der Waals surface area (Å²) < 4.78 is 27.3. The van der Waals surface area contributed by atoms with Crippen LogP contribution >= 0.6 is 10.7 Å². The number of carbonyl (C=O) groups excluding carboxylic acids is 1. The lowest BCUT2D eigenvalue weighted by molar-refractivity contribution is 0.0934. The molecule has 0 aliphatic heterocycles. The van der Waals surface area contributed by atoms with Crippen LogP contribution in [-0.4, -0.2) is 38.3 Å². The van der Waals surface area contributed by atoms with E-state index in [9.17, 15) is 13.2 Å². The summed E-state index contributed by atoms with van der Waals surface area (Å²) in [6, 6.07) is 8.75.